The largest absolute Gasteiger partial charge is 0.311 e. The quantitative estimate of drug-likeness (QED) is 0.137. The molecule has 13 aromatic rings. The molecule has 11 aromatic carbocycles. The highest BCUT2D eigenvalue weighted by atomic mass is 15.1. The summed E-state index contributed by atoms with van der Waals surface area (Å²) in [6, 6.07) is 95.9. The van der Waals surface area contributed by atoms with Crippen LogP contribution in [0.5, 0.6) is 0 Å². The Morgan fingerprint density at radius 3 is 0.890 bits per heavy atom. The molecular formula is C68H45N5. The fraction of sp³-hybridized carbons (Fsp3) is 0. The zero-order valence-electron chi connectivity index (χ0n) is 39.7. The maximum absolute atomic E-state index is 5.13. The lowest BCUT2D eigenvalue weighted by molar-refractivity contribution is 1.28. The molecule has 0 radical (unpaired) electrons. The Hall–Kier alpha value is -9.84. The predicted octanol–water partition coefficient (Wildman–Crippen LogP) is 17.9. The van der Waals surface area contributed by atoms with Gasteiger partial charge in [-0.3, -0.25) is 0 Å². The summed E-state index contributed by atoms with van der Waals surface area (Å²) in [4.78, 5) is 22.8. The van der Waals surface area contributed by atoms with Crippen molar-refractivity contribution < 1.29 is 0 Å². The highest BCUT2D eigenvalue weighted by Crippen LogP contribution is 2.40. The van der Waals surface area contributed by atoms with Crippen LogP contribution in [0, 0.1) is 0 Å². The van der Waals surface area contributed by atoms with Crippen LogP contribution in [0.15, 0.2) is 273 Å². The Balaban J connectivity index is 0.827. The third-order valence-corrected chi connectivity index (χ3v) is 13.7. The van der Waals surface area contributed by atoms with E-state index in [-0.39, 0.29) is 0 Å². The molecule has 73 heavy (non-hydrogen) atoms. The van der Waals surface area contributed by atoms with Crippen molar-refractivity contribution in [2.75, 3.05) is 4.90 Å². The van der Waals surface area contributed by atoms with E-state index in [0.29, 0.717) is 0 Å². The van der Waals surface area contributed by atoms with Gasteiger partial charge < -0.3 is 4.90 Å². The third kappa shape index (κ3) is 8.45. The monoisotopic (exact) mass is 931 g/mol. The first kappa shape index (κ1) is 43.2. The zero-order valence-corrected chi connectivity index (χ0v) is 39.7. The van der Waals surface area contributed by atoms with Crippen molar-refractivity contribution in [3.05, 3.63) is 273 Å². The van der Waals surface area contributed by atoms with Gasteiger partial charge in [0.1, 0.15) is 0 Å². The molecule has 342 valence electrons. The molecule has 5 nitrogen and oxygen atoms in total. The van der Waals surface area contributed by atoms with Crippen molar-refractivity contribution in [2.45, 2.75) is 0 Å². The van der Waals surface area contributed by atoms with Gasteiger partial charge >= 0.3 is 0 Å². The lowest BCUT2D eigenvalue weighted by atomic mass is 9.97. The average Bonchev–Trinajstić information content (AvgIpc) is 3.47. The van der Waals surface area contributed by atoms with Gasteiger partial charge in [0.15, 0.2) is 0 Å². The van der Waals surface area contributed by atoms with Gasteiger partial charge in [0.25, 0.3) is 0 Å². The topological polar surface area (TPSA) is 54.8 Å². The molecule has 0 bridgehead atoms. The van der Waals surface area contributed by atoms with Crippen LogP contribution in [0.2, 0.25) is 0 Å². The lowest BCUT2D eigenvalue weighted by Gasteiger charge is -2.26. The molecule has 0 aliphatic rings. The Morgan fingerprint density at radius 1 is 0.205 bits per heavy atom. The fourth-order valence-corrected chi connectivity index (χ4v) is 9.96. The molecule has 0 spiro atoms. The van der Waals surface area contributed by atoms with Crippen LogP contribution in [-0.2, 0) is 0 Å². The fourth-order valence-electron chi connectivity index (χ4n) is 9.96. The summed E-state index contributed by atoms with van der Waals surface area (Å²) in [7, 11) is 0. The maximum Gasteiger partial charge on any atom is 0.0973 e. The Kier molecular flexibility index (Phi) is 11.1. The predicted molar refractivity (Wildman–Crippen MR) is 303 cm³/mol. The van der Waals surface area contributed by atoms with E-state index in [4.69, 9.17) is 19.9 Å². The van der Waals surface area contributed by atoms with Gasteiger partial charge in [-0.15, -0.1) is 0 Å². The summed E-state index contributed by atoms with van der Waals surface area (Å²) in [6.45, 7) is 0. The molecule has 0 amide bonds. The minimum atomic E-state index is 0.866. The van der Waals surface area contributed by atoms with Crippen LogP contribution in [0.25, 0.3) is 111 Å². The van der Waals surface area contributed by atoms with E-state index < -0.39 is 0 Å². The summed E-state index contributed by atoms with van der Waals surface area (Å²) in [5, 5.41) is 2.47. The van der Waals surface area contributed by atoms with E-state index in [2.05, 4.69) is 193 Å². The number of aromatic nitrogens is 4. The van der Waals surface area contributed by atoms with Gasteiger partial charge in [-0.1, -0.05) is 212 Å². The second-order valence-electron chi connectivity index (χ2n) is 18.2. The number of rotatable bonds is 10. The number of nitrogens with zero attached hydrogens (tertiary/aromatic N) is 5. The van der Waals surface area contributed by atoms with Gasteiger partial charge in [0.05, 0.1) is 44.8 Å². The molecular weight excluding hydrogens is 887 g/mol. The van der Waals surface area contributed by atoms with Crippen molar-refractivity contribution in [1.29, 1.82) is 0 Å². The molecule has 0 aliphatic heterocycles. The summed E-state index contributed by atoms with van der Waals surface area (Å²) in [6.07, 6.45) is 0. The number of hydrogen-bond acceptors (Lipinski definition) is 5. The Labute approximate surface area is 424 Å². The maximum atomic E-state index is 5.13. The van der Waals surface area contributed by atoms with Crippen LogP contribution in [0.3, 0.4) is 0 Å². The molecule has 0 atom stereocenters. The van der Waals surface area contributed by atoms with Crippen LogP contribution in [-0.4, -0.2) is 19.9 Å². The molecule has 0 fully saturated rings. The Morgan fingerprint density at radius 2 is 0.493 bits per heavy atom. The van der Waals surface area contributed by atoms with Crippen LogP contribution < -0.4 is 4.90 Å². The van der Waals surface area contributed by atoms with Crippen LogP contribution >= 0.6 is 0 Å². The Bertz CT molecular complexity index is 3870. The summed E-state index contributed by atoms with van der Waals surface area (Å²) < 4.78 is 0. The first-order valence-electron chi connectivity index (χ1n) is 24.6. The number of anilines is 3. The molecule has 2 aromatic heterocycles. The average molecular weight is 932 g/mol. The lowest BCUT2D eigenvalue weighted by Crippen LogP contribution is -2.09. The highest BCUT2D eigenvalue weighted by Gasteiger charge is 2.18. The minimum Gasteiger partial charge on any atom is -0.311 e. The molecule has 2 heterocycles. The molecule has 13 rings (SSSR count). The van der Waals surface area contributed by atoms with Crippen molar-refractivity contribution in [3.8, 4) is 78.4 Å². The summed E-state index contributed by atoms with van der Waals surface area (Å²) in [5.74, 6) is 0. The number of benzene rings is 11. The van der Waals surface area contributed by atoms with E-state index in [9.17, 15) is 0 Å². The van der Waals surface area contributed by atoms with E-state index in [1.807, 2.05) is 84.9 Å². The molecule has 0 saturated carbocycles. The first-order chi connectivity index (χ1) is 36.2. The molecule has 0 unspecified atom stereocenters. The second kappa shape index (κ2) is 18.8. The third-order valence-electron chi connectivity index (χ3n) is 13.7. The minimum absolute atomic E-state index is 0.866. The molecule has 0 aliphatic carbocycles. The molecule has 0 N–H and O–H groups in total. The van der Waals surface area contributed by atoms with E-state index in [0.717, 1.165) is 106 Å². The van der Waals surface area contributed by atoms with Gasteiger partial charge in [0.2, 0.25) is 0 Å². The van der Waals surface area contributed by atoms with Gasteiger partial charge in [-0.2, -0.15) is 0 Å². The number of hydrogen-bond donors (Lipinski definition) is 0. The first-order valence-corrected chi connectivity index (χ1v) is 24.6. The molecule has 0 saturated heterocycles. The normalized spacial score (nSPS) is 11.3. The van der Waals surface area contributed by atoms with Crippen molar-refractivity contribution in [3.63, 3.8) is 0 Å². The summed E-state index contributed by atoms with van der Waals surface area (Å²) in [5.41, 5.74) is 21.2. The highest BCUT2D eigenvalue weighted by molar-refractivity contribution is 5.97. The SMILES string of the molecule is c1ccc(-c2nc3ccccc3nc2-c2ccc(-c3ccc(N(c4ccc(-c5ccc(-c6nc7ccccc7nc6-c6ccccc6)cc5)cc4)c4ccc(-c5cccc6ccccc56)cc4)cc3)cc2)cc1. The van der Waals surface area contributed by atoms with Crippen molar-refractivity contribution in [1.82, 2.24) is 19.9 Å². The second-order valence-corrected chi connectivity index (χ2v) is 18.2. The standard InChI is InChI=1S/C68H45N5/c1-3-15-52(16-4-1)65-67(71-63-24-11-9-22-61(63)69-65)54-30-26-46(27-31-54)48-34-40-56(41-35-48)73(58-44-38-51(39-45-58)60-21-13-19-50-14-7-8-20-59(50)60)57-42-36-49(37-43-57)47-28-32-55(33-29-47)68-66(53-17-5-2-6-18-53)70-62-23-10-12-25-64(62)72-68/h1-45H. The van der Waals surface area contributed by atoms with E-state index in [1.54, 1.807) is 0 Å². The number of para-hydroxylation sites is 4. The van der Waals surface area contributed by atoms with Crippen molar-refractivity contribution >= 4 is 49.9 Å². The zero-order chi connectivity index (χ0) is 48.5. The number of fused-ring (bicyclic) bond motifs is 3. The van der Waals surface area contributed by atoms with E-state index >= 15 is 0 Å². The van der Waals surface area contributed by atoms with Crippen molar-refractivity contribution in [2.24, 2.45) is 0 Å². The summed E-state index contributed by atoms with van der Waals surface area (Å²) >= 11 is 0. The van der Waals surface area contributed by atoms with Crippen LogP contribution in [0.4, 0.5) is 17.1 Å². The molecule has 5 heteroatoms. The van der Waals surface area contributed by atoms with Crippen LogP contribution in [0.1, 0.15) is 0 Å². The van der Waals surface area contributed by atoms with E-state index in [1.165, 1.54) is 21.9 Å². The van der Waals surface area contributed by atoms with Gasteiger partial charge in [-0.05, 0) is 105 Å². The van der Waals surface area contributed by atoms with Gasteiger partial charge in [0, 0.05) is 39.3 Å². The van der Waals surface area contributed by atoms with Gasteiger partial charge in [-0.25, -0.2) is 19.9 Å². The smallest absolute Gasteiger partial charge is 0.0973 e.